The Balaban J connectivity index is 1.93. The summed E-state index contributed by atoms with van der Waals surface area (Å²) in [6, 6.07) is 7.12. The summed E-state index contributed by atoms with van der Waals surface area (Å²) in [6.45, 7) is 0.699. The Bertz CT molecular complexity index is 545. The predicted molar refractivity (Wildman–Crippen MR) is 76.9 cm³/mol. The molecule has 100 valence electrons. The fourth-order valence-electron chi connectivity index (χ4n) is 1.60. The molecule has 1 heterocycles. The molecule has 2 aromatic rings. The number of nitrogens with zero attached hydrogens (tertiary/aromatic N) is 2. The first-order valence-corrected chi connectivity index (χ1v) is 6.29. The SMILES string of the molecule is CNc1ncc(Cl)c(NCCc2ccc(O)cc2)n1. The number of anilines is 2. The molecule has 6 heteroatoms. The number of rotatable bonds is 5. The molecule has 0 saturated heterocycles. The summed E-state index contributed by atoms with van der Waals surface area (Å²) in [6.07, 6.45) is 2.37. The standard InChI is InChI=1S/C13H15ClN4O/c1-15-13-17-8-11(14)12(18-13)16-7-6-9-2-4-10(19)5-3-9/h2-5,8,19H,6-7H2,1H3,(H2,15,16,17,18). The molecule has 0 aliphatic carbocycles. The largest absolute Gasteiger partial charge is 0.508 e. The summed E-state index contributed by atoms with van der Waals surface area (Å²) in [5.41, 5.74) is 1.13. The minimum atomic E-state index is 0.272. The molecule has 0 unspecified atom stereocenters. The van der Waals surface area contributed by atoms with Crippen molar-refractivity contribution in [3.8, 4) is 5.75 Å². The molecule has 1 aromatic carbocycles. The van der Waals surface area contributed by atoms with Crippen molar-refractivity contribution >= 4 is 23.4 Å². The van der Waals surface area contributed by atoms with E-state index in [9.17, 15) is 5.11 Å². The molecule has 0 fully saturated rings. The van der Waals surface area contributed by atoms with Crippen molar-refractivity contribution in [2.24, 2.45) is 0 Å². The quantitative estimate of drug-likeness (QED) is 0.784. The maximum Gasteiger partial charge on any atom is 0.224 e. The van der Waals surface area contributed by atoms with E-state index in [0.29, 0.717) is 23.3 Å². The van der Waals surface area contributed by atoms with Gasteiger partial charge in [0.15, 0.2) is 0 Å². The van der Waals surface area contributed by atoms with E-state index in [-0.39, 0.29) is 5.75 Å². The van der Waals surface area contributed by atoms with Crippen LogP contribution in [0.3, 0.4) is 0 Å². The lowest BCUT2D eigenvalue weighted by Gasteiger charge is -2.08. The highest BCUT2D eigenvalue weighted by Gasteiger charge is 2.03. The van der Waals surface area contributed by atoms with Gasteiger partial charge in [0.25, 0.3) is 0 Å². The van der Waals surface area contributed by atoms with Crippen LogP contribution < -0.4 is 10.6 Å². The second-order valence-corrected chi connectivity index (χ2v) is 4.39. The van der Waals surface area contributed by atoms with Gasteiger partial charge in [-0.25, -0.2) is 4.98 Å². The van der Waals surface area contributed by atoms with Crippen LogP contribution in [-0.2, 0) is 6.42 Å². The topological polar surface area (TPSA) is 70.1 Å². The molecule has 0 bridgehead atoms. The minimum Gasteiger partial charge on any atom is -0.508 e. The van der Waals surface area contributed by atoms with E-state index in [1.165, 1.54) is 0 Å². The van der Waals surface area contributed by atoms with Crippen LogP contribution in [0.5, 0.6) is 5.75 Å². The van der Waals surface area contributed by atoms with Gasteiger partial charge in [0.1, 0.15) is 16.6 Å². The van der Waals surface area contributed by atoms with E-state index in [1.54, 1.807) is 25.4 Å². The fraction of sp³-hybridized carbons (Fsp3) is 0.231. The number of aromatic hydroxyl groups is 1. The summed E-state index contributed by atoms with van der Waals surface area (Å²) in [5.74, 6) is 1.41. The Morgan fingerprint density at radius 3 is 2.68 bits per heavy atom. The van der Waals surface area contributed by atoms with E-state index >= 15 is 0 Å². The first-order chi connectivity index (χ1) is 9.19. The van der Waals surface area contributed by atoms with Crippen LogP contribution in [0.25, 0.3) is 0 Å². The number of hydrogen-bond donors (Lipinski definition) is 3. The number of benzene rings is 1. The summed E-state index contributed by atoms with van der Waals surface area (Å²) < 4.78 is 0. The number of aromatic nitrogens is 2. The van der Waals surface area contributed by atoms with Crippen LogP contribution in [0.1, 0.15) is 5.56 Å². The van der Waals surface area contributed by atoms with E-state index in [2.05, 4.69) is 20.6 Å². The van der Waals surface area contributed by atoms with Gasteiger partial charge in [0.05, 0.1) is 6.20 Å². The summed E-state index contributed by atoms with van der Waals surface area (Å²) in [7, 11) is 1.75. The van der Waals surface area contributed by atoms with Crippen molar-refractivity contribution in [2.45, 2.75) is 6.42 Å². The van der Waals surface area contributed by atoms with E-state index in [1.807, 2.05) is 12.1 Å². The van der Waals surface area contributed by atoms with Gasteiger partial charge in [0, 0.05) is 13.6 Å². The Labute approximate surface area is 116 Å². The third kappa shape index (κ3) is 3.72. The predicted octanol–water partition coefficient (Wildman–Crippen LogP) is 2.53. The van der Waals surface area contributed by atoms with Crippen LogP contribution in [0.15, 0.2) is 30.5 Å². The highest BCUT2D eigenvalue weighted by atomic mass is 35.5. The lowest BCUT2D eigenvalue weighted by Crippen LogP contribution is -2.08. The van der Waals surface area contributed by atoms with Gasteiger partial charge in [-0.15, -0.1) is 0 Å². The third-order valence-corrected chi connectivity index (χ3v) is 2.89. The van der Waals surface area contributed by atoms with Crippen LogP contribution in [0, 0.1) is 0 Å². The van der Waals surface area contributed by atoms with Gasteiger partial charge < -0.3 is 15.7 Å². The van der Waals surface area contributed by atoms with Crippen molar-refractivity contribution in [1.29, 1.82) is 0 Å². The number of hydrogen-bond acceptors (Lipinski definition) is 5. The van der Waals surface area contributed by atoms with Gasteiger partial charge in [-0.2, -0.15) is 4.98 Å². The van der Waals surface area contributed by atoms with Crippen molar-refractivity contribution in [3.63, 3.8) is 0 Å². The highest BCUT2D eigenvalue weighted by molar-refractivity contribution is 6.32. The van der Waals surface area contributed by atoms with E-state index in [4.69, 9.17) is 11.6 Å². The number of phenols is 1. The third-order valence-electron chi connectivity index (χ3n) is 2.61. The zero-order valence-corrected chi connectivity index (χ0v) is 11.3. The van der Waals surface area contributed by atoms with Crippen LogP contribution in [0.2, 0.25) is 5.02 Å². The first-order valence-electron chi connectivity index (χ1n) is 5.91. The van der Waals surface area contributed by atoms with Crippen molar-refractivity contribution in [3.05, 3.63) is 41.0 Å². The summed E-state index contributed by atoms with van der Waals surface area (Å²) in [5, 5.41) is 15.7. The summed E-state index contributed by atoms with van der Waals surface area (Å²) in [4.78, 5) is 8.24. The second kappa shape index (κ2) is 6.24. The number of nitrogens with one attached hydrogen (secondary N) is 2. The van der Waals surface area contributed by atoms with Crippen LogP contribution in [0.4, 0.5) is 11.8 Å². The Morgan fingerprint density at radius 2 is 2.00 bits per heavy atom. The minimum absolute atomic E-state index is 0.272. The average Bonchev–Trinajstić information content (AvgIpc) is 2.43. The molecule has 0 atom stereocenters. The molecule has 0 saturated carbocycles. The smallest absolute Gasteiger partial charge is 0.224 e. The average molecular weight is 279 g/mol. The van der Waals surface area contributed by atoms with Gasteiger partial charge in [0.2, 0.25) is 5.95 Å². The molecule has 0 radical (unpaired) electrons. The maximum atomic E-state index is 9.20. The molecule has 19 heavy (non-hydrogen) atoms. The Hall–Kier alpha value is -2.01. The van der Waals surface area contributed by atoms with Gasteiger partial charge in [-0.3, -0.25) is 0 Å². The molecule has 5 nitrogen and oxygen atoms in total. The lowest BCUT2D eigenvalue weighted by atomic mass is 10.1. The van der Waals surface area contributed by atoms with Gasteiger partial charge >= 0.3 is 0 Å². The number of halogens is 1. The molecular weight excluding hydrogens is 264 g/mol. The normalized spacial score (nSPS) is 10.2. The molecule has 3 N–H and O–H groups in total. The molecule has 2 rings (SSSR count). The molecule has 0 spiro atoms. The Kier molecular flexibility index (Phi) is 4.41. The van der Waals surface area contributed by atoms with Crippen LogP contribution >= 0.6 is 11.6 Å². The molecule has 0 aliphatic rings. The van der Waals surface area contributed by atoms with E-state index in [0.717, 1.165) is 12.0 Å². The molecular formula is C13H15ClN4O. The zero-order valence-electron chi connectivity index (χ0n) is 10.5. The lowest BCUT2D eigenvalue weighted by molar-refractivity contribution is 0.475. The highest BCUT2D eigenvalue weighted by Crippen LogP contribution is 2.19. The first kappa shape index (κ1) is 13.4. The molecule has 1 aromatic heterocycles. The number of phenolic OH excluding ortho intramolecular Hbond substituents is 1. The van der Waals surface area contributed by atoms with Gasteiger partial charge in [-0.05, 0) is 24.1 Å². The van der Waals surface area contributed by atoms with Crippen LogP contribution in [-0.4, -0.2) is 28.7 Å². The second-order valence-electron chi connectivity index (χ2n) is 3.98. The monoisotopic (exact) mass is 278 g/mol. The Morgan fingerprint density at radius 1 is 1.26 bits per heavy atom. The molecule has 0 amide bonds. The molecule has 0 aliphatic heterocycles. The summed E-state index contributed by atoms with van der Waals surface area (Å²) >= 11 is 6.01. The van der Waals surface area contributed by atoms with E-state index < -0.39 is 0 Å². The van der Waals surface area contributed by atoms with Crippen molar-refractivity contribution in [1.82, 2.24) is 9.97 Å². The zero-order chi connectivity index (χ0) is 13.7. The van der Waals surface area contributed by atoms with Crippen molar-refractivity contribution in [2.75, 3.05) is 24.2 Å². The van der Waals surface area contributed by atoms with Gasteiger partial charge in [-0.1, -0.05) is 23.7 Å². The van der Waals surface area contributed by atoms with Crippen molar-refractivity contribution < 1.29 is 5.11 Å². The fourth-order valence-corrected chi connectivity index (χ4v) is 1.76. The maximum absolute atomic E-state index is 9.20.